The van der Waals surface area contributed by atoms with Crippen molar-refractivity contribution in [1.82, 2.24) is 9.55 Å². The molecule has 0 bridgehead atoms. The van der Waals surface area contributed by atoms with Crippen LogP contribution in [0.15, 0.2) is 48.5 Å². The minimum absolute atomic E-state index is 0.0888. The number of nitrogens with zero attached hydrogens (tertiary/aromatic N) is 3. The molecule has 8 nitrogen and oxygen atoms in total. The Balaban J connectivity index is 2.28. The average Bonchev–Trinajstić information content (AvgIpc) is 2.60. The molecule has 0 spiro atoms. The molecule has 1 aromatic heterocycles. The molecular weight excluding hydrogens is 352 g/mol. The number of benzene rings is 2. The van der Waals surface area contributed by atoms with Crippen LogP contribution >= 0.6 is 0 Å². The smallest absolute Gasteiger partial charge is 0.229 e. The maximum atomic E-state index is 11.5. The second-order valence-electron chi connectivity index (χ2n) is 5.76. The third-order valence-electron chi connectivity index (χ3n) is 3.83. The molecule has 0 unspecified atom stereocenters. The van der Waals surface area contributed by atoms with Crippen molar-refractivity contribution in [2.75, 3.05) is 22.9 Å². The SMILES string of the molecule is CN(c1ccccc1)c1nc(=N)n(C=N)c2ccc(NS(C)(=O)=O)cc12. The molecule has 0 aliphatic rings. The molecule has 134 valence electrons. The Morgan fingerprint density at radius 2 is 1.88 bits per heavy atom. The largest absolute Gasteiger partial charge is 0.329 e. The van der Waals surface area contributed by atoms with Crippen LogP contribution in [0.4, 0.5) is 17.2 Å². The Labute approximate surface area is 150 Å². The maximum Gasteiger partial charge on any atom is 0.229 e. The normalized spacial score (nSPS) is 11.3. The van der Waals surface area contributed by atoms with Crippen molar-refractivity contribution in [1.29, 1.82) is 10.8 Å². The summed E-state index contributed by atoms with van der Waals surface area (Å²) < 4.78 is 26.9. The van der Waals surface area contributed by atoms with Crippen LogP contribution in [0.3, 0.4) is 0 Å². The Kier molecular flexibility index (Phi) is 4.47. The minimum Gasteiger partial charge on any atom is -0.329 e. The molecule has 3 rings (SSSR count). The number of rotatable bonds is 5. The molecule has 0 amide bonds. The van der Waals surface area contributed by atoms with E-state index in [0.29, 0.717) is 22.4 Å². The van der Waals surface area contributed by atoms with Gasteiger partial charge < -0.3 is 4.90 Å². The predicted octanol–water partition coefficient (Wildman–Crippen LogP) is 2.11. The summed E-state index contributed by atoms with van der Waals surface area (Å²) >= 11 is 0. The summed E-state index contributed by atoms with van der Waals surface area (Å²) in [7, 11) is -1.61. The van der Waals surface area contributed by atoms with Gasteiger partial charge in [0.25, 0.3) is 0 Å². The van der Waals surface area contributed by atoms with E-state index < -0.39 is 10.0 Å². The first-order chi connectivity index (χ1) is 12.3. The van der Waals surface area contributed by atoms with Crippen molar-refractivity contribution in [3.63, 3.8) is 0 Å². The van der Waals surface area contributed by atoms with Crippen molar-refractivity contribution < 1.29 is 8.42 Å². The van der Waals surface area contributed by atoms with Crippen LogP contribution in [0.5, 0.6) is 0 Å². The van der Waals surface area contributed by atoms with Gasteiger partial charge in [-0.05, 0) is 30.3 Å². The number of hydrogen-bond donors (Lipinski definition) is 3. The third-order valence-corrected chi connectivity index (χ3v) is 4.44. The lowest BCUT2D eigenvalue weighted by Crippen LogP contribution is -2.26. The zero-order valence-electron chi connectivity index (χ0n) is 14.3. The fourth-order valence-electron chi connectivity index (χ4n) is 2.69. The van der Waals surface area contributed by atoms with Crippen LogP contribution in [0.2, 0.25) is 0 Å². The second-order valence-corrected chi connectivity index (χ2v) is 7.51. The summed E-state index contributed by atoms with van der Waals surface area (Å²) in [5.74, 6) is 0.492. The summed E-state index contributed by atoms with van der Waals surface area (Å²) in [6, 6.07) is 14.4. The molecule has 2 aromatic carbocycles. The third kappa shape index (κ3) is 3.42. The highest BCUT2D eigenvalue weighted by molar-refractivity contribution is 7.92. The molecule has 26 heavy (non-hydrogen) atoms. The van der Waals surface area contributed by atoms with Gasteiger partial charge in [0.05, 0.1) is 18.1 Å². The molecule has 0 saturated carbocycles. The first-order valence-corrected chi connectivity index (χ1v) is 9.57. The lowest BCUT2D eigenvalue weighted by Gasteiger charge is -2.21. The van der Waals surface area contributed by atoms with E-state index >= 15 is 0 Å². The Morgan fingerprint density at radius 3 is 2.50 bits per heavy atom. The molecule has 0 fully saturated rings. The Bertz CT molecular complexity index is 1140. The maximum absolute atomic E-state index is 11.5. The average molecular weight is 370 g/mol. The lowest BCUT2D eigenvalue weighted by molar-refractivity contribution is 0.607. The number of sulfonamides is 1. The van der Waals surface area contributed by atoms with Crippen LogP contribution in [0.25, 0.3) is 10.9 Å². The molecule has 3 N–H and O–H groups in total. The van der Waals surface area contributed by atoms with E-state index in [4.69, 9.17) is 10.8 Å². The zero-order chi connectivity index (χ0) is 18.9. The van der Waals surface area contributed by atoms with E-state index in [-0.39, 0.29) is 5.62 Å². The van der Waals surface area contributed by atoms with Gasteiger partial charge in [-0.25, -0.2) is 8.42 Å². The molecule has 9 heteroatoms. The van der Waals surface area contributed by atoms with Crippen molar-refractivity contribution >= 4 is 44.5 Å². The first-order valence-electron chi connectivity index (χ1n) is 7.68. The highest BCUT2D eigenvalue weighted by Crippen LogP contribution is 2.29. The van der Waals surface area contributed by atoms with E-state index in [0.717, 1.165) is 18.3 Å². The highest BCUT2D eigenvalue weighted by Gasteiger charge is 2.14. The topological polar surface area (TPSA) is 115 Å². The summed E-state index contributed by atoms with van der Waals surface area (Å²) in [5, 5.41) is 16.3. The summed E-state index contributed by atoms with van der Waals surface area (Å²) in [5.41, 5.74) is 1.75. The van der Waals surface area contributed by atoms with Gasteiger partial charge in [-0.3, -0.25) is 20.1 Å². The number of para-hydroxylation sites is 1. The molecular formula is C17H18N6O2S. The monoisotopic (exact) mass is 370 g/mol. The van der Waals surface area contributed by atoms with E-state index in [1.807, 2.05) is 42.3 Å². The van der Waals surface area contributed by atoms with Crippen LogP contribution in [-0.2, 0) is 10.0 Å². The van der Waals surface area contributed by atoms with Crippen molar-refractivity contribution in [3.05, 3.63) is 54.1 Å². The molecule has 3 aromatic rings. The van der Waals surface area contributed by atoms with Crippen LogP contribution in [0, 0.1) is 10.8 Å². The minimum atomic E-state index is -3.43. The molecule has 0 radical (unpaired) electrons. The fraction of sp³-hybridized carbons (Fsp3) is 0.118. The molecule has 0 atom stereocenters. The van der Waals surface area contributed by atoms with E-state index in [2.05, 4.69) is 9.71 Å². The molecule has 1 heterocycles. The zero-order valence-corrected chi connectivity index (χ0v) is 15.1. The Morgan fingerprint density at radius 1 is 1.19 bits per heavy atom. The summed E-state index contributed by atoms with van der Waals surface area (Å²) in [6.45, 7) is 0. The van der Waals surface area contributed by atoms with Crippen molar-refractivity contribution in [2.45, 2.75) is 0 Å². The highest BCUT2D eigenvalue weighted by atomic mass is 32.2. The molecule has 0 aliphatic heterocycles. The van der Waals surface area contributed by atoms with Crippen molar-refractivity contribution in [2.24, 2.45) is 0 Å². The number of fused-ring (bicyclic) bond motifs is 1. The van der Waals surface area contributed by atoms with E-state index in [1.165, 1.54) is 4.57 Å². The predicted molar refractivity (Wildman–Crippen MR) is 103 cm³/mol. The van der Waals surface area contributed by atoms with Crippen LogP contribution in [-0.4, -0.2) is 37.6 Å². The van der Waals surface area contributed by atoms with Crippen molar-refractivity contribution in [3.8, 4) is 0 Å². The fourth-order valence-corrected chi connectivity index (χ4v) is 3.25. The van der Waals surface area contributed by atoms with E-state index in [9.17, 15) is 8.42 Å². The van der Waals surface area contributed by atoms with Gasteiger partial charge in [-0.2, -0.15) is 4.98 Å². The van der Waals surface area contributed by atoms with E-state index in [1.54, 1.807) is 18.2 Å². The number of aromatic nitrogens is 2. The number of anilines is 3. The van der Waals surface area contributed by atoms with Gasteiger partial charge in [0.15, 0.2) is 0 Å². The molecule has 0 saturated heterocycles. The van der Waals surface area contributed by atoms with Gasteiger partial charge in [0, 0.05) is 23.8 Å². The quantitative estimate of drug-likeness (QED) is 0.471. The lowest BCUT2D eigenvalue weighted by atomic mass is 10.2. The summed E-state index contributed by atoms with van der Waals surface area (Å²) in [6.07, 6.45) is 2.09. The number of hydrogen-bond acceptors (Lipinski definition) is 6. The van der Waals surface area contributed by atoms with Crippen LogP contribution < -0.4 is 15.2 Å². The van der Waals surface area contributed by atoms with Crippen LogP contribution in [0.1, 0.15) is 0 Å². The number of nitrogens with one attached hydrogen (secondary N) is 3. The van der Waals surface area contributed by atoms with Gasteiger partial charge in [-0.15, -0.1) is 0 Å². The van der Waals surface area contributed by atoms with Gasteiger partial charge in [-0.1, -0.05) is 18.2 Å². The van der Waals surface area contributed by atoms with Gasteiger partial charge >= 0.3 is 0 Å². The van der Waals surface area contributed by atoms with Gasteiger partial charge in [0.1, 0.15) is 5.82 Å². The van der Waals surface area contributed by atoms with Gasteiger partial charge in [0.2, 0.25) is 15.6 Å². The summed E-state index contributed by atoms with van der Waals surface area (Å²) in [4.78, 5) is 6.13. The molecule has 0 aliphatic carbocycles. The first kappa shape index (κ1) is 17.6. The Hall–Kier alpha value is -3.20. The second kappa shape index (κ2) is 6.60. The standard InChI is InChI=1S/C17H18N6O2S/c1-22(13-6-4-3-5-7-13)16-14-10-12(21-26(2,24)25)8-9-15(14)23(11-18)17(19)20-16/h3-11,18-19,21H,1-2H3.